The van der Waals surface area contributed by atoms with Crippen molar-refractivity contribution in [2.45, 2.75) is 65.1 Å². The summed E-state index contributed by atoms with van der Waals surface area (Å²) in [5.41, 5.74) is 8.65. The summed E-state index contributed by atoms with van der Waals surface area (Å²) < 4.78 is 27.9. The van der Waals surface area contributed by atoms with Crippen LogP contribution >= 0.6 is 0 Å². The van der Waals surface area contributed by atoms with Crippen LogP contribution in [0.25, 0.3) is 60.6 Å². The Labute approximate surface area is 307 Å². The predicted molar refractivity (Wildman–Crippen MR) is 201 cm³/mol. The Bertz CT molecular complexity index is 2460. The molecule has 9 rings (SSSR count). The van der Waals surface area contributed by atoms with E-state index < -0.39 is 17.7 Å². The van der Waals surface area contributed by atoms with Gasteiger partial charge in [-0.2, -0.15) is 0 Å². The molecule has 0 amide bonds. The fourth-order valence-electron chi connectivity index (χ4n) is 7.17. The van der Waals surface area contributed by atoms with Gasteiger partial charge in [0.05, 0.1) is 11.0 Å². The van der Waals surface area contributed by atoms with Crippen LogP contribution in [0.15, 0.2) is 116 Å². The van der Waals surface area contributed by atoms with Gasteiger partial charge in [-0.3, -0.25) is 0 Å². The molecule has 0 aliphatic heterocycles. The molecular formula is C45H41IrN3-2. The minimum Gasteiger partial charge on any atom is -0.309 e. The smallest absolute Gasteiger partial charge is 0.0620 e. The molecule has 8 aromatic rings. The van der Waals surface area contributed by atoms with Crippen molar-refractivity contribution in [3.63, 3.8) is 0 Å². The summed E-state index contributed by atoms with van der Waals surface area (Å²) in [6.45, 7) is 5.68. The number of para-hydroxylation sites is 1. The molecular weight excluding hydrogens is 775 g/mol. The molecule has 4 aromatic carbocycles. The first-order valence-electron chi connectivity index (χ1n) is 18.5. The summed E-state index contributed by atoms with van der Waals surface area (Å²) in [5, 5.41) is 4.94. The van der Waals surface area contributed by atoms with Gasteiger partial charge < -0.3 is 14.4 Å². The van der Waals surface area contributed by atoms with Crippen LogP contribution in [0.5, 0.6) is 0 Å². The number of nitrogens with zero attached hydrogens (tertiary/aromatic N) is 3. The van der Waals surface area contributed by atoms with Crippen LogP contribution in [-0.4, -0.2) is 14.4 Å². The summed E-state index contributed by atoms with van der Waals surface area (Å²) >= 11 is 0. The Kier molecular flexibility index (Phi) is 8.36. The summed E-state index contributed by atoms with van der Waals surface area (Å²) in [6, 6.07) is 41.3. The van der Waals surface area contributed by atoms with Crippen LogP contribution in [0.4, 0.5) is 0 Å². The van der Waals surface area contributed by atoms with E-state index in [1.54, 1.807) is 6.20 Å². The Morgan fingerprint density at radius 2 is 1.41 bits per heavy atom. The molecule has 1 fully saturated rings. The maximum atomic E-state index is 9.13. The minimum absolute atomic E-state index is 0. The number of hydrogen-bond donors (Lipinski definition) is 0. The molecule has 1 aliphatic carbocycles. The van der Waals surface area contributed by atoms with Gasteiger partial charge in [0, 0.05) is 63.7 Å². The first-order valence-corrected chi connectivity index (χ1v) is 17.0. The van der Waals surface area contributed by atoms with Gasteiger partial charge in [-0.25, -0.2) is 0 Å². The summed E-state index contributed by atoms with van der Waals surface area (Å²) in [4.78, 5) is 9.12. The van der Waals surface area contributed by atoms with E-state index in [0.717, 1.165) is 48.2 Å². The average molecular weight is 819 g/mol. The quantitative estimate of drug-likeness (QED) is 0.166. The van der Waals surface area contributed by atoms with Crippen LogP contribution in [0.1, 0.15) is 74.0 Å². The third-order valence-corrected chi connectivity index (χ3v) is 9.32. The number of benzene rings is 4. The van der Waals surface area contributed by atoms with Gasteiger partial charge in [0.25, 0.3) is 0 Å². The maximum absolute atomic E-state index is 9.13. The zero-order valence-corrected chi connectivity index (χ0v) is 30.6. The van der Waals surface area contributed by atoms with E-state index in [4.69, 9.17) is 9.10 Å². The number of fused-ring (bicyclic) bond motifs is 6. The minimum atomic E-state index is -1.40. The third kappa shape index (κ3) is 6.65. The largest absolute Gasteiger partial charge is 0.309 e. The molecule has 0 atom stereocenters. The number of hydrogen-bond acceptors (Lipinski definition) is 2. The second kappa shape index (κ2) is 13.9. The standard InChI is InChI=1S/C29H23N2.C16H18N.Ir/c1-3-8-19(9-4-1)21-14-15-27-24(16-21)22-12-7-13-23-25-18-30-26(20-10-5-2-6-11-20)17-28(25)31(27)29(22)23;1-16(2,3)11-13-9-10-15(17-12-13)14-7-5-4-6-8-14;/h2,5-7,10,12-19H,1,3-4,8-9H2;4-7,9-10,12H,11H2,1-3H3;/q2*-1;/i19D;11D2;. The van der Waals surface area contributed by atoms with Crippen molar-refractivity contribution in [1.82, 2.24) is 14.4 Å². The summed E-state index contributed by atoms with van der Waals surface area (Å²) in [6.07, 6.45) is 7.74. The van der Waals surface area contributed by atoms with Gasteiger partial charge in [0.2, 0.25) is 0 Å². The normalized spacial score (nSPS) is 15.7. The van der Waals surface area contributed by atoms with Crippen molar-refractivity contribution in [2.75, 3.05) is 0 Å². The molecule has 0 spiro atoms. The van der Waals surface area contributed by atoms with E-state index in [0.29, 0.717) is 5.56 Å². The van der Waals surface area contributed by atoms with E-state index >= 15 is 0 Å². The molecule has 1 aliphatic rings. The molecule has 1 saturated carbocycles. The average Bonchev–Trinajstić information content (AvgIpc) is 3.67. The molecule has 0 bridgehead atoms. The van der Waals surface area contributed by atoms with Crippen LogP contribution in [0.2, 0.25) is 0 Å². The first kappa shape index (κ1) is 29.5. The van der Waals surface area contributed by atoms with Crippen LogP contribution in [0.3, 0.4) is 0 Å². The van der Waals surface area contributed by atoms with Crippen LogP contribution in [0, 0.1) is 17.5 Å². The van der Waals surface area contributed by atoms with E-state index in [1.807, 2.05) is 81.6 Å². The first-order chi connectivity index (χ1) is 24.5. The molecule has 4 heteroatoms. The molecule has 3 nitrogen and oxygen atoms in total. The molecule has 4 heterocycles. The molecule has 0 saturated heterocycles. The number of rotatable bonds is 4. The van der Waals surface area contributed by atoms with Crippen molar-refractivity contribution < 1.29 is 24.2 Å². The van der Waals surface area contributed by atoms with Crippen molar-refractivity contribution in [3.8, 4) is 22.5 Å². The van der Waals surface area contributed by atoms with Crippen molar-refractivity contribution >= 4 is 38.1 Å². The van der Waals surface area contributed by atoms with Gasteiger partial charge in [0.15, 0.2) is 0 Å². The van der Waals surface area contributed by atoms with Gasteiger partial charge >= 0.3 is 0 Å². The van der Waals surface area contributed by atoms with E-state index in [-0.39, 0.29) is 20.1 Å². The van der Waals surface area contributed by atoms with E-state index in [9.17, 15) is 0 Å². The Balaban J connectivity index is 0.000000182. The second-order valence-electron chi connectivity index (χ2n) is 13.9. The fourth-order valence-corrected chi connectivity index (χ4v) is 7.17. The SMILES string of the molecule is [2H]C([2H])(c1ccc(-c2[c-]cccc2)nc1)C(C)(C)C.[2H]C1(c2ccc3c(c2)c2cccc4c5cnc(-c6[c-]cccc6)cc5n3c24)CCCCC1.[Ir]. The van der Waals surface area contributed by atoms with Gasteiger partial charge in [-0.1, -0.05) is 82.5 Å². The molecule has 4 aromatic heterocycles. The predicted octanol–water partition coefficient (Wildman–Crippen LogP) is 11.9. The Morgan fingerprint density at radius 1 is 0.714 bits per heavy atom. The fraction of sp³-hybridized carbons (Fsp3) is 0.244. The third-order valence-electron chi connectivity index (χ3n) is 9.32. The topological polar surface area (TPSA) is 30.2 Å². The zero-order chi connectivity index (χ0) is 35.4. The van der Waals surface area contributed by atoms with Gasteiger partial charge in [-0.15, -0.1) is 71.8 Å². The molecule has 0 unspecified atom stereocenters. The maximum Gasteiger partial charge on any atom is 0.0620 e. The Hall–Kier alpha value is -4.37. The zero-order valence-electron chi connectivity index (χ0n) is 31.2. The second-order valence-corrected chi connectivity index (χ2v) is 13.9. The van der Waals surface area contributed by atoms with Gasteiger partial charge in [-0.05, 0) is 65.2 Å². The molecule has 0 N–H and O–H groups in total. The summed E-state index contributed by atoms with van der Waals surface area (Å²) in [7, 11) is 0. The van der Waals surface area contributed by atoms with Crippen molar-refractivity contribution in [2.24, 2.45) is 5.41 Å². The van der Waals surface area contributed by atoms with Crippen LogP contribution < -0.4 is 0 Å². The van der Waals surface area contributed by atoms with E-state index in [1.165, 1.54) is 50.1 Å². The van der Waals surface area contributed by atoms with Crippen molar-refractivity contribution in [3.05, 3.63) is 139 Å². The number of pyridine rings is 2. The monoisotopic (exact) mass is 819 g/mol. The number of aromatic nitrogens is 3. The molecule has 1 radical (unpaired) electrons. The van der Waals surface area contributed by atoms with Crippen LogP contribution in [-0.2, 0) is 26.5 Å². The summed E-state index contributed by atoms with van der Waals surface area (Å²) in [5.74, 6) is -0.444. The Morgan fingerprint density at radius 3 is 2.06 bits per heavy atom. The van der Waals surface area contributed by atoms with Crippen molar-refractivity contribution in [1.29, 1.82) is 0 Å². The molecule has 247 valence electrons. The van der Waals surface area contributed by atoms with Gasteiger partial charge in [0.1, 0.15) is 0 Å². The van der Waals surface area contributed by atoms with E-state index in [2.05, 4.69) is 70.0 Å². The molecule has 49 heavy (non-hydrogen) atoms.